The van der Waals surface area contributed by atoms with Gasteiger partial charge in [-0.1, -0.05) is 12.6 Å². The fourth-order valence-corrected chi connectivity index (χ4v) is 1.20. The van der Waals surface area contributed by atoms with Gasteiger partial charge >= 0.3 is 0 Å². The highest BCUT2D eigenvalue weighted by Gasteiger charge is 2.01. The minimum absolute atomic E-state index is 0.288. The molecule has 70 valence electrons. The quantitative estimate of drug-likeness (QED) is 0.694. The number of hydrogen-bond donors (Lipinski definition) is 0. The molecule has 1 nitrogen and oxygen atoms in total. The van der Waals surface area contributed by atoms with Crippen LogP contribution in [-0.2, 0) is 6.42 Å². The first-order valence-corrected chi connectivity index (χ1v) is 4.10. The van der Waals surface area contributed by atoms with Crippen LogP contribution in [0.5, 0.6) is 5.75 Å². The molecular formula is C11H13FO. The van der Waals surface area contributed by atoms with E-state index in [1.165, 1.54) is 0 Å². The Balaban J connectivity index is 2.91. The molecule has 1 rings (SSSR count). The van der Waals surface area contributed by atoms with Crippen molar-refractivity contribution in [3.05, 3.63) is 41.7 Å². The zero-order chi connectivity index (χ0) is 9.84. The molecule has 0 aromatic heterocycles. The molecule has 0 fully saturated rings. The Morgan fingerprint density at radius 3 is 2.69 bits per heavy atom. The second kappa shape index (κ2) is 4.08. The Morgan fingerprint density at radius 2 is 2.23 bits per heavy atom. The lowest BCUT2D eigenvalue weighted by Crippen LogP contribution is -1.91. The molecule has 1 aromatic rings. The summed E-state index contributed by atoms with van der Waals surface area (Å²) in [6.45, 7) is 5.17. The Kier molecular flexibility index (Phi) is 3.07. The summed E-state index contributed by atoms with van der Waals surface area (Å²) in [6, 6.07) is 5.57. The zero-order valence-corrected chi connectivity index (χ0v) is 7.93. The van der Waals surface area contributed by atoms with E-state index in [4.69, 9.17) is 4.74 Å². The number of hydrogen-bond acceptors (Lipinski definition) is 1. The average Bonchev–Trinajstić information content (AvgIpc) is 2.08. The summed E-state index contributed by atoms with van der Waals surface area (Å²) < 4.78 is 17.6. The second-order valence-corrected chi connectivity index (χ2v) is 2.99. The minimum atomic E-state index is -0.312. The highest BCUT2D eigenvalue weighted by molar-refractivity contribution is 5.36. The monoisotopic (exact) mass is 180 g/mol. The van der Waals surface area contributed by atoms with Gasteiger partial charge in [0.05, 0.1) is 12.9 Å². The number of methoxy groups -OCH3 is 1. The first-order valence-electron chi connectivity index (χ1n) is 4.10. The van der Waals surface area contributed by atoms with Gasteiger partial charge in [0.15, 0.2) is 0 Å². The van der Waals surface area contributed by atoms with Crippen LogP contribution < -0.4 is 4.74 Å². The van der Waals surface area contributed by atoms with Gasteiger partial charge in [0.25, 0.3) is 0 Å². The minimum Gasteiger partial charge on any atom is -0.497 e. The van der Waals surface area contributed by atoms with E-state index in [0.717, 1.165) is 16.9 Å². The van der Waals surface area contributed by atoms with Crippen LogP contribution >= 0.6 is 0 Å². The van der Waals surface area contributed by atoms with Gasteiger partial charge in [-0.3, -0.25) is 0 Å². The third-order valence-electron chi connectivity index (χ3n) is 1.93. The summed E-state index contributed by atoms with van der Waals surface area (Å²) in [5, 5.41) is 0. The fraction of sp³-hybridized carbons (Fsp3) is 0.273. The predicted molar refractivity (Wildman–Crippen MR) is 51.7 cm³/mol. The molecule has 1 aromatic carbocycles. The molecule has 0 radical (unpaired) electrons. The summed E-state index contributed by atoms with van der Waals surface area (Å²) in [6.07, 6.45) is 0.288. The lowest BCUT2D eigenvalue weighted by atomic mass is 10.1. The van der Waals surface area contributed by atoms with Gasteiger partial charge in [-0.15, -0.1) is 0 Å². The lowest BCUT2D eigenvalue weighted by Gasteiger charge is -2.06. The van der Waals surface area contributed by atoms with Crippen molar-refractivity contribution < 1.29 is 9.13 Å². The summed E-state index contributed by atoms with van der Waals surface area (Å²) in [5.74, 6) is 0.485. The van der Waals surface area contributed by atoms with Gasteiger partial charge in [0.2, 0.25) is 0 Å². The number of rotatable bonds is 3. The van der Waals surface area contributed by atoms with Crippen molar-refractivity contribution in [2.45, 2.75) is 13.3 Å². The van der Waals surface area contributed by atoms with E-state index in [1.54, 1.807) is 7.11 Å². The highest BCUT2D eigenvalue weighted by atomic mass is 19.1. The number of aryl methyl sites for hydroxylation is 1. The van der Waals surface area contributed by atoms with E-state index >= 15 is 0 Å². The SMILES string of the molecule is C=C(F)Cc1ccc(OC)cc1C. The Morgan fingerprint density at radius 1 is 1.54 bits per heavy atom. The molecule has 0 unspecified atom stereocenters. The Labute approximate surface area is 77.8 Å². The van der Waals surface area contributed by atoms with Crippen molar-refractivity contribution in [1.29, 1.82) is 0 Å². The third-order valence-corrected chi connectivity index (χ3v) is 1.93. The fourth-order valence-electron chi connectivity index (χ4n) is 1.20. The zero-order valence-electron chi connectivity index (χ0n) is 7.93. The van der Waals surface area contributed by atoms with E-state index in [1.807, 2.05) is 25.1 Å². The maximum Gasteiger partial charge on any atom is 0.119 e. The maximum atomic E-state index is 12.5. The lowest BCUT2D eigenvalue weighted by molar-refractivity contribution is 0.414. The molecule has 0 aliphatic heterocycles. The molecule has 13 heavy (non-hydrogen) atoms. The van der Waals surface area contributed by atoms with Crippen molar-refractivity contribution in [2.75, 3.05) is 7.11 Å². The summed E-state index contributed by atoms with van der Waals surface area (Å²) >= 11 is 0. The van der Waals surface area contributed by atoms with Gasteiger partial charge in [-0.25, -0.2) is 4.39 Å². The summed E-state index contributed by atoms with van der Waals surface area (Å²) in [5.41, 5.74) is 1.98. The van der Waals surface area contributed by atoms with Gasteiger partial charge < -0.3 is 4.74 Å². The van der Waals surface area contributed by atoms with Crippen molar-refractivity contribution in [2.24, 2.45) is 0 Å². The van der Waals surface area contributed by atoms with Crippen molar-refractivity contribution in [3.63, 3.8) is 0 Å². The van der Waals surface area contributed by atoms with Crippen LogP contribution in [-0.4, -0.2) is 7.11 Å². The average molecular weight is 180 g/mol. The highest BCUT2D eigenvalue weighted by Crippen LogP contribution is 2.19. The number of halogens is 1. The molecule has 0 spiro atoms. The van der Waals surface area contributed by atoms with E-state index in [-0.39, 0.29) is 12.2 Å². The van der Waals surface area contributed by atoms with Gasteiger partial charge in [0, 0.05) is 6.42 Å². The van der Waals surface area contributed by atoms with Crippen LogP contribution in [0.4, 0.5) is 4.39 Å². The second-order valence-electron chi connectivity index (χ2n) is 2.99. The first kappa shape index (κ1) is 9.78. The van der Waals surface area contributed by atoms with Crippen LogP contribution in [0.1, 0.15) is 11.1 Å². The molecule has 0 bridgehead atoms. The van der Waals surface area contributed by atoms with E-state index in [0.29, 0.717) is 0 Å². The first-order chi connectivity index (χ1) is 6.13. The maximum absolute atomic E-state index is 12.5. The molecule has 2 heteroatoms. The topological polar surface area (TPSA) is 9.23 Å². The summed E-state index contributed by atoms with van der Waals surface area (Å²) in [4.78, 5) is 0. The van der Waals surface area contributed by atoms with Crippen molar-refractivity contribution in [1.82, 2.24) is 0 Å². The number of ether oxygens (including phenoxy) is 1. The van der Waals surface area contributed by atoms with Crippen LogP contribution in [0.3, 0.4) is 0 Å². The molecular weight excluding hydrogens is 167 g/mol. The normalized spacial score (nSPS) is 9.77. The Hall–Kier alpha value is -1.31. The van der Waals surface area contributed by atoms with Gasteiger partial charge in [-0.2, -0.15) is 0 Å². The largest absolute Gasteiger partial charge is 0.497 e. The van der Waals surface area contributed by atoms with Crippen molar-refractivity contribution in [3.8, 4) is 5.75 Å². The van der Waals surface area contributed by atoms with Crippen LogP contribution in [0.25, 0.3) is 0 Å². The van der Waals surface area contributed by atoms with Crippen LogP contribution in [0.15, 0.2) is 30.6 Å². The standard InChI is InChI=1S/C11H13FO/c1-8-6-11(13-3)5-4-10(8)7-9(2)12/h4-6H,2,7H2,1,3H3. The summed E-state index contributed by atoms with van der Waals surface area (Å²) in [7, 11) is 1.61. The van der Waals surface area contributed by atoms with Crippen LogP contribution in [0, 0.1) is 6.92 Å². The van der Waals surface area contributed by atoms with Gasteiger partial charge in [0.1, 0.15) is 5.75 Å². The van der Waals surface area contributed by atoms with E-state index < -0.39 is 0 Å². The number of allylic oxidation sites excluding steroid dienone is 1. The van der Waals surface area contributed by atoms with E-state index in [2.05, 4.69) is 6.58 Å². The van der Waals surface area contributed by atoms with E-state index in [9.17, 15) is 4.39 Å². The number of benzene rings is 1. The van der Waals surface area contributed by atoms with Crippen molar-refractivity contribution >= 4 is 0 Å². The smallest absolute Gasteiger partial charge is 0.119 e. The van der Waals surface area contributed by atoms with Crippen LogP contribution in [0.2, 0.25) is 0 Å². The molecule has 0 N–H and O–H groups in total. The molecule has 0 amide bonds. The molecule has 0 aliphatic carbocycles. The third kappa shape index (κ3) is 2.58. The molecule has 0 heterocycles. The Bertz CT molecular complexity index is 318. The molecule has 0 saturated carbocycles. The van der Waals surface area contributed by atoms with Gasteiger partial charge in [-0.05, 0) is 30.2 Å². The molecule has 0 saturated heterocycles. The molecule has 0 aliphatic rings. The predicted octanol–water partition coefficient (Wildman–Crippen LogP) is 3.03. The molecule has 0 atom stereocenters.